The smallest absolute Gasteiger partial charge is 0.103 e. The third-order valence-electron chi connectivity index (χ3n) is 2.38. The molecule has 0 aromatic heterocycles. The topological polar surface area (TPSA) is 29.5 Å². The van der Waals surface area contributed by atoms with Crippen molar-refractivity contribution in [3.05, 3.63) is 34.9 Å². The van der Waals surface area contributed by atoms with Crippen molar-refractivity contribution < 1.29 is 9.84 Å². The van der Waals surface area contributed by atoms with E-state index in [0.29, 0.717) is 6.61 Å². The van der Waals surface area contributed by atoms with Crippen LogP contribution in [0.15, 0.2) is 18.2 Å². The normalized spacial score (nSPS) is 13.2. The summed E-state index contributed by atoms with van der Waals surface area (Å²) >= 11 is 0. The van der Waals surface area contributed by atoms with E-state index in [1.165, 1.54) is 5.56 Å². The lowest BCUT2D eigenvalue weighted by Crippen LogP contribution is -2.12. The van der Waals surface area contributed by atoms with Gasteiger partial charge in [0.25, 0.3) is 0 Å². The molecule has 0 bridgehead atoms. The molecule has 2 heteroatoms. The predicted molar refractivity (Wildman–Crippen MR) is 62.0 cm³/mol. The van der Waals surface area contributed by atoms with E-state index in [-0.39, 0.29) is 6.10 Å². The Morgan fingerprint density at radius 1 is 1.27 bits per heavy atom. The Balaban J connectivity index is 2.72. The van der Waals surface area contributed by atoms with Crippen LogP contribution < -0.4 is 0 Å². The molecular weight excluding hydrogens is 188 g/mol. The average Bonchev–Trinajstić information content (AvgIpc) is 2.18. The van der Waals surface area contributed by atoms with Crippen molar-refractivity contribution in [2.75, 3.05) is 6.61 Å². The van der Waals surface area contributed by atoms with Crippen LogP contribution in [0.3, 0.4) is 0 Å². The number of aryl methyl sites for hydroxylation is 2. The van der Waals surface area contributed by atoms with Gasteiger partial charge < -0.3 is 9.84 Å². The monoisotopic (exact) mass is 208 g/mol. The number of hydrogen-bond donors (Lipinski definition) is 1. The molecule has 1 rings (SSSR count). The lowest BCUT2D eigenvalue weighted by molar-refractivity contribution is 0.00467. The Labute approximate surface area is 91.9 Å². The third kappa shape index (κ3) is 3.65. The number of rotatable bonds is 4. The van der Waals surface area contributed by atoms with Crippen LogP contribution in [-0.4, -0.2) is 17.8 Å². The highest BCUT2D eigenvalue weighted by Crippen LogP contribution is 2.19. The summed E-state index contributed by atoms with van der Waals surface area (Å²) in [5.41, 5.74) is 3.25. The van der Waals surface area contributed by atoms with Crippen molar-refractivity contribution in [2.24, 2.45) is 0 Å². The zero-order chi connectivity index (χ0) is 11.4. The number of benzene rings is 1. The van der Waals surface area contributed by atoms with Gasteiger partial charge in [-0.25, -0.2) is 0 Å². The minimum absolute atomic E-state index is 0.157. The Morgan fingerprint density at radius 3 is 2.53 bits per heavy atom. The SMILES string of the molecule is Cc1ccc(C)c(C(O)COC(C)C)c1. The maximum absolute atomic E-state index is 9.95. The third-order valence-corrected chi connectivity index (χ3v) is 2.38. The largest absolute Gasteiger partial charge is 0.386 e. The van der Waals surface area contributed by atoms with Crippen molar-refractivity contribution in [3.8, 4) is 0 Å². The number of aliphatic hydroxyl groups is 1. The first kappa shape index (κ1) is 12.2. The number of hydrogen-bond acceptors (Lipinski definition) is 2. The molecule has 0 amide bonds. The van der Waals surface area contributed by atoms with Crippen LogP contribution in [0.25, 0.3) is 0 Å². The van der Waals surface area contributed by atoms with Crippen LogP contribution in [-0.2, 0) is 4.74 Å². The molecule has 15 heavy (non-hydrogen) atoms. The first-order chi connectivity index (χ1) is 7.00. The van der Waals surface area contributed by atoms with Gasteiger partial charge in [0.15, 0.2) is 0 Å². The molecule has 0 aliphatic heterocycles. The molecule has 1 aromatic carbocycles. The molecule has 84 valence electrons. The van der Waals surface area contributed by atoms with Crippen LogP contribution in [0.5, 0.6) is 0 Å². The Bertz CT molecular complexity index is 318. The Hall–Kier alpha value is -0.860. The minimum atomic E-state index is -0.521. The minimum Gasteiger partial charge on any atom is -0.386 e. The molecule has 1 unspecified atom stereocenters. The number of ether oxygens (including phenoxy) is 1. The lowest BCUT2D eigenvalue weighted by Gasteiger charge is -2.16. The molecule has 0 saturated heterocycles. The molecule has 1 N–H and O–H groups in total. The molecule has 1 aromatic rings. The molecule has 1 atom stereocenters. The standard InChI is InChI=1S/C13H20O2/c1-9(2)15-8-13(14)12-7-10(3)5-6-11(12)4/h5-7,9,13-14H,8H2,1-4H3. The van der Waals surface area contributed by atoms with E-state index in [0.717, 1.165) is 11.1 Å². The van der Waals surface area contributed by atoms with Crippen molar-refractivity contribution in [2.45, 2.75) is 39.9 Å². The zero-order valence-electron chi connectivity index (χ0n) is 9.95. The molecule has 0 saturated carbocycles. The summed E-state index contributed by atoms with van der Waals surface area (Å²) in [7, 11) is 0. The molecular formula is C13H20O2. The van der Waals surface area contributed by atoms with E-state index in [4.69, 9.17) is 4.74 Å². The van der Waals surface area contributed by atoms with Crippen molar-refractivity contribution in [3.63, 3.8) is 0 Å². The molecule has 0 aliphatic rings. The summed E-state index contributed by atoms with van der Waals surface area (Å²) in [5, 5.41) is 9.95. The highest BCUT2D eigenvalue weighted by atomic mass is 16.5. The quantitative estimate of drug-likeness (QED) is 0.824. The summed E-state index contributed by atoms with van der Waals surface area (Å²) in [6.07, 6.45) is -0.364. The summed E-state index contributed by atoms with van der Waals surface area (Å²) in [6, 6.07) is 6.10. The fraction of sp³-hybridized carbons (Fsp3) is 0.538. The summed E-state index contributed by atoms with van der Waals surface area (Å²) in [5.74, 6) is 0. The summed E-state index contributed by atoms with van der Waals surface area (Å²) in [4.78, 5) is 0. The first-order valence-corrected chi connectivity index (χ1v) is 5.37. The maximum atomic E-state index is 9.95. The van der Waals surface area contributed by atoms with Gasteiger partial charge in [-0.15, -0.1) is 0 Å². The number of aliphatic hydroxyl groups excluding tert-OH is 1. The van der Waals surface area contributed by atoms with E-state index in [1.807, 2.05) is 39.8 Å². The van der Waals surface area contributed by atoms with Gasteiger partial charge in [-0.05, 0) is 38.8 Å². The molecule has 0 aliphatic carbocycles. The molecule has 0 radical (unpaired) electrons. The van der Waals surface area contributed by atoms with Gasteiger partial charge in [0.1, 0.15) is 6.10 Å². The summed E-state index contributed by atoms with van der Waals surface area (Å²) < 4.78 is 5.40. The van der Waals surface area contributed by atoms with Gasteiger partial charge in [0.05, 0.1) is 12.7 Å². The van der Waals surface area contributed by atoms with Crippen molar-refractivity contribution >= 4 is 0 Å². The van der Waals surface area contributed by atoms with Gasteiger partial charge in [0.2, 0.25) is 0 Å². The average molecular weight is 208 g/mol. The van der Waals surface area contributed by atoms with Gasteiger partial charge in [-0.1, -0.05) is 23.8 Å². The summed E-state index contributed by atoms with van der Waals surface area (Å²) in [6.45, 7) is 8.33. The van der Waals surface area contributed by atoms with E-state index < -0.39 is 6.10 Å². The molecule has 0 heterocycles. The van der Waals surface area contributed by atoms with Gasteiger partial charge in [-0.3, -0.25) is 0 Å². The second-order valence-corrected chi connectivity index (χ2v) is 4.26. The van der Waals surface area contributed by atoms with E-state index in [9.17, 15) is 5.11 Å². The van der Waals surface area contributed by atoms with Crippen molar-refractivity contribution in [1.82, 2.24) is 0 Å². The van der Waals surface area contributed by atoms with Crippen molar-refractivity contribution in [1.29, 1.82) is 0 Å². The maximum Gasteiger partial charge on any atom is 0.103 e. The molecule has 2 nitrogen and oxygen atoms in total. The lowest BCUT2D eigenvalue weighted by atomic mass is 10.0. The van der Waals surface area contributed by atoms with Gasteiger partial charge in [-0.2, -0.15) is 0 Å². The second-order valence-electron chi connectivity index (χ2n) is 4.26. The fourth-order valence-electron chi connectivity index (χ4n) is 1.49. The van der Waals surface area contributed by atoms with Crippen LogP contribution in [0.4, 0.5) is 0 Å². The zero-order valence-corrected chi connectivity index (χ0v) is 9.95. The van der Waals surface area contributed by atoms with E-state index >= 15 is 0 Å². The Kier molecular flexibility index (Phi) is 4.30. The molecule has 0 spiro atoms. The van der Waals surface area contributed by atoms with Gasteiger partial charge in [0, 0.05) is 0 Å². The highest BCUT2D eigenvalue weighted by molar-refractivity contribution is 5.32. The van der Waals surface area contributed by atoms with Gasteiger partial charge >= 0.3 is 0 Å². The van der Waals surface area contributed by atoms with Crippen LogP contribution >= 0.6 is 0 Å². The second kappa shape index (κ2) is 5.29. The van der Waals surface area contributed by atoms with Crippen LogP contribution in [0.1, 0.15) is 36.6 Å². The predicted octanol–water partition coefficient (Wildman–Crippen LogP) is 2.76. The van der Waals surface area contributed by atoms with E-state index in [2.05, 4.69) is 6.07 Å². The Morgan fingerprint density at radius 2 is 1.93 bits per heavy atom. The van der Waals surface area contributed by atoms with Crippen LogP contribution in [0.2, 0.25) is 0 Å². The van der Waals surface area contributed by atoms with Crippen LogP contribution in [0, 0.1) is 13.8 Å². The molecule has 0 fully saturated rings. The highest BCUT2D eigenvalue weighted by Gasteiger charge is 2.11. The fourth-order valence-corrected chi connectivity index (χ4v) is 1.49. The first-order valence-electron chi connectivity index (χ1n) is 5.37. The van der Waals surface area contributed by atoms with E-state index in [1.54, 1.807) is 0 Å².